The molecule has 0 amide bonds. The van der Waals surface area contributed by atoms with Gasteiger partial charge in [0, 0.05) is 0 Å². The first kappa shape index (κ1) is 33.4. The van der Waals surface area contributed by atoms with Gasteiger partial charge in [0.25, 0.3) is 0 Å². The first-order valence-electron chi connectivity index (χ1n) is 0. The predicted molar refractivity (Wildman–Crippen MR) is 34.7 cm³/mol. The van der Waals surface area contributed by atoms with Gasteiger partial charge >= 0.3 is 46.1 Å². The summed E-state index contributed by atoms with van der Waals surface area (Å²) in [7, 11) is 0. The van der Waals surface area contributed by atoms with Gasteiger partial charge in [-0.05, 0) is 0 Å². The molecule has 0 aliphatic heterocycles. The molecule has 0 spiro atoms. The van der Waals surface area contributed by atoms with E-state index >= 15 is 0 Å². The van der Waals surface area contributed by atoms with Crippen molar-refractivity contribution >= 4 is 75.5 Å². The zero-order chi connectivity index (χ0) is 0. The molecule has 0 aliphatic rings. The fraction of sp³-hybridized carbons (Fsp3) is 0. The third-order valence-corrected chi connectivity index (χ3v) is 0. The number of hydrogen-bond acceptors (Lipinski definition) is 0. The van der Waals surface area contributed by atoms with Gasteiger partial charge in [-0.3, -0.25) is 0 Å². The number of rotatable bonds is 0. The molecule has 0 fully saturated rings. The monoisotopic (exact) mass is 168 g/mol. The Hall–Kier alpha value is 2.30. The van der Waals surface area contributed by atoms with E-state index in [0.717, 1.165) is 0 Å². The van der Waals surface area contributed by atoms with Crippen LogP contribution in [0, 0.1) is 0 Å². The molecule has 0 nitrogen and oxygen atoms in total. The topological polar surface area (TPSA) is 0 Å². The van der Waals surface area contributed by atoms with Gasteiger partial charge in [0.05, 0.1) is 0 Å². The summed E-state index contributed by atoms with van der Waals surface area (Å²) < 4.78 is 0. The minimum atomic E-state index is 0. The summed E-state index contributed by atoms with van der Waals surface area (Å²) in [6.45, 7) is 0. The van der Waals surface area contributed by atoms with Gasteiger partial charge in [-0.15, -0.1) is 29.4 Å². The van der Waals surface area contributed by atoms with Crippen LogP contribution in [0.15, 0.2) is 0 Å². The predicted octanol–water partition coefficient (Wildman–Crippen LogP) is -0.833. The van der Waals surface area contributed by atoms with Crippen LogP contribution in [0.5, 0.6) is 0 Å². The molecule has 24 valence electrons. The first-order valence-corrected chi connectivity index (χ1v) is 0. The van der Waals surface area contributed by atoms with Crippen molar-refractivity contribution in [3.8, 4) is 0 Å². The first-order chi connectivity index (χ1) is 0. The summed E-state index contributed by atoms with van der Waals surface area (Å²) in [6.07, 6.45) is 0. The van der Waals surface area contributed by atoms with Crippen molar-refractivity contribution in [3.63, 3.8) is 0 Å². The van der Waals surface area contributed by atoms with Crippen LogP contribution in [0.2, 0.25) is 0 Å². The van der Waals surface area contributed by atoms with E-state index in [2.05, 4.69) is 0 Å². The van der Waals surface area contributed by atoms with Crippen molar-refractivity contribution in [3.05, 3.63) is 0 Å². The molecule has 0 saturated carbocycles. The highest BCUT2D eigenvalue weighted by atomic mass is 79.9. The largest absolute Gasteiger partial charge is 0.316 e. The van der Waals surface area contributed by atoms with Crippen LogP contribution < -0.4 is 0 Å². The molecule has 4 heteroatoms. The lowest BCUT2D eigenvalue weighted by molar-refractivity contribution is 5.75. The maximum absolute atomic E-state index is 0. The fourth-order valence-corrected chi connectivity index (χ4v) is 0. The van der Waals surface area contributed by atoms with Crippen molar-refractivity contribution in [2.24, 2.45) is 0 Å². The van der Waals surface area contributed by atoms with Crippen molar-refractivity contribution in [2.75, 3.05) is 0 Å². The highest BCUT2D eigenvalue weighted by molar-refractivity contribution is 8.93. The summed E-state index contributed by atoms with van der Waals surface area (Å²) >= 11 is 0. The Morgan fingerprint density at radius 2 is 0.750 bits per heavy atom. The summed E-state index contributed by atoms with van der Waals surface area (Å²) in [5.41, 5.74) is 0. The van der Waals surface area contributed by atoms with Gasteiger partial charge < -0.3 is 0 Å². The lowest BCUT2D eigenvalue weighted by Gasteiger charge is -0.147. The Bertz CT molecular complexity index is 6.00. The summed E-state index contributed by atoms with van der Waals surface area (Å²) in [6, 6.07) is 0. The molecule has 0 unspecified atom stereocenters. The minimum Gasteiger partial charge on any atom is -0.147 e. The van der Waals surface area contributed by atoms with Crippen molar-refractivity contribution in [1.29, 1.82) is 0 Å². The van der Waals surface area contributed by atoms with Gasteiger partial charge in [-0.25, -0.2) is 0 Å². The summed E-state index contributed by atoms with van der Waals surface area (Å²) in [5.74, 6) is 0. The van der Waals surface area contributed by atoms with Crippen molar-refractivity contribution in [2.45, 2.75) is 0 Å². The molecule has 0 rings (SSSR count). The van der Waals surface area contributed by atoms with E-state index < -0.39 is 0 Å². The van der Waals surface area contributed by atoms with Crippen LogP contribution >= 0.6 is 29.4 Å². The Kier molecular flexibility index (Phi) is 155. The Morgan fingerprint density at radius 1 is 0.750 bits per heavy atom. The second-order valence-electron chi connectivity index (χ2n) is 0. The Balaban J connectivity index is 0. The molecule has 0 N–H and O–H groups in total. The van der Waals surface area contributed by atoms with E-state index in [9.17, 15) is 0 Å². The van der Waals surface area contributed by atoms with E-state index in [0.29, 0.717) is 0 Å². The number of hydrogen-bond donors (Lipinski definition) is 0. The van der Waals surface area contributed by atoms with Gasteiger partial charge in [0.1, 0.15) is 0 Å². The van der Waals surface area contributed by atoms with Crippen molar-refractivity contribution < 1.29 is 0 Å². The van der Waals surface area contributed by atoms with Gasteiger partial charge in [0.2, 0.25) is 0 Å². The van der Waals surface area contributed by atoms with E-state index in [4.69, 9.17) is 0 Å². The standard InChI is InChI=1S/BrH.ClH.2Mg.4H/h2*1H;;;;;;. The fourth-order valence-electron chi connectivity index (χ4n) is 0. The second-order valence-corrected chi connectivity index (χ2v) is 0. The van der Waals surface area contributed by atoms with Crippen LogP contribution in [0.25, 0.3) is 0 Å². The maximum Gasteiger partial charge on any atom is 0.316 e. The zero-order valence-corrected chi connectivity index (χ0v) is 3.35. The maximum atomic E-state index is 0. The highest BCUT2D eigenvalue weighted by Crippen LogP contribution is 0.846. The lowest BCUT2D eigenvalue weighted by atomic mass is 24.3. The average Bonchev–Trinajstić information content (AvgIpc) is 0. The van der Waals surface area contributed by atoms with Crippen LogP contribution in [-0.4, -0.2) is 46.1 Å². The van der Waals surface area contributed by atoms with Crippen LogP contribution in [0.4, 0.5) is 0 Å². The summed E-state index contributed by atoms with van der Waals surface area (Å²) in [4.78, 5) is 0. The average molecular weight is 170 g/mol. The smallest absolute Gasteiger partial charge is 0.147 e. The van der Waals surface area contributed by atoms with Gasteiger partial charge in [0.15, 0.2) is 0 Å². The second kappa shape index (κ2) is 18.5. The van der Waals surface area contributed by atoms with Gasteiger partial charge in [-0.1, -0.05) is 0 Å². The molecular formula is H6BrClMg2. The molecular weight excluding hydrogens is 164 g/mol. The van der Waals surface area contributed by atoms with Crippen LogP contribution in [0.1, 0.15) is 0 Å². The molecule has 0 aromatic rings. The Labute approximate surface area is 74.6 Å². The molecule has 0 aromatic carbocycles. The third-order valence-electron chi connectivity index (χ3n) is 0. The van der Waals surface area contributed by atoms with Crippen molar-refractivity contribution in [1.82, 2.24) is 0 Å². The molecule has 0 bridgehead atoms. The van der Waals surface area contributed by atoms with E-state index in [1.165, 1.54) is 0 Å². The van der Waals surface area contributed by atoms with Crippen LogP contribution in [-0.2, 0) is 0 Å². The lowest BCUT2D eigenvalue weighted by Crippen LogP contribution is -0.382. The Morgan fingerprint density at radius 3 is 0.750 bits per heavy atom. The highest BCUT2D eigenvalue weighted by Gasteiger charge is 0.317. The molecule has 4 heavy (non-hydrogen) atoms. The normalized spacial score (nSPS) is 0. The molecule has 0 saturated heterocycles. The number of halogens is 2. The molecule has 0 atom stereocenters. The molecule has 0 aliphatic carbocycles. The van der Waals surface area contributed by atoms with E-state index in [1.54, 1.807) is 0 Å². The molecule has 0 aromatic heterocycles. The van der Waals surface area contributed by atoms with E-state index in [-0.39, 0.29) is 75.5 Å². The molecule has 0 radical (unpaired) electrons. The van der Waals surface area contributed by atoms with E-state index in [1.807, 2.05) is 0 Å². The summed E-state index contributed by atoms with van der Waals surface area (Å²) in [5, 5.41) is 0. The zero-order valence-electron chi connectivity index (χ0n) is 0.816. The third kappa shape index (κ3) is 8.85. The molecule has 0 heterocycles. The minimum absolute atomic E-state index is 0. The SMILES string of the molecule is Br.Cl.[MgH2].[MgH2]. The van der Waals surface area contributed by atoms with Crippen LogP contribution in [0.3, 0.4) is 0 Å². The van der Waals surface area contributed by atoms with Gasteiger partial charge in [-0.2, -0.15) is 0 Å². The quantitative estimate of drug-likeness (QED) is 0.416.